The molecule has 1 N–H and O–H groups in total. The number of halogens is 1. The molecular weight excluding hydrogens is 214 g/mol. The van der Waals surface area contributed by atoms with E-state index in [-0.39, 0.29) is 5.91 Å². The van der Waals surface area contributed by atoms with Crippen LogP contribution in [0.3, 0.4) is 0 Å². The normalized spacial score (nSPS) is 10.6. The molecule has 1 aromatic heterocycles. The Morgan fingerprint density at radius 1 is 1.47 bits per heavy atom. The van der Waals surface area contributed by atoms with Crippen LogP contribution in [-0.2, 0) is 0 Å². The summed E-state index contributed by atoms with van der Waals surface area (Å²) in [5, 5.41) is 3.92. The minimum atomic E-state index is -0.236. The third kappa shape index (κ3) is 1.49. The van der Waals surface area contributed by atoms with Gasteiger partial charge in [0.2, 0.25) is 0 Å². The first-order valence-electron chi connectivity index (χ1n) is 4.55. The molecule has 0 fully saturated rings. The van der Waals surface area contributed by atoms with E-state index in [2.05, 4.69) is 5.32 Å². The van der Waals surface area contributed by atoms with Gasteiger partial charge < -0.3 is 9.73 Å². The molecule has 2 rings (SSSR count). The standard InChI is InChI=1S/C11H10ClNO2/c1-6-7-4-3-5-8(12)10(7)15-9(6)11(14)13-2/h3-5H,1-2H3,(H,13,14). The number of amides is 1. The zero-order valence-corrected chi connectivity index (χ0v) is 9.18. The fraction of sp³-hybridized carbons (Fsp3) is 0.182. The predicted molar refractivity (Wildman–Crippen MR) is 59.4 cm³/mol. The Hall–Kier alpha value is -1.48. The third-order valence-electron chi connectivity index (χ3n) is 2.35. The third-order valence-corrected chi connectivity index (χ3v) is 2.65. The van der Waals surface area contributed by atoms with Crippen molar-refractivity contribution >= 4 is 28.5 Å². The van der Waals surface area contributed by atoms with E-state index in [1.165, 1.54) is 0 Å². The lowest BCUT2D eigenvalue weighted by molar-refractivity contribution is 0.0937. The van der Waals surface area contributed by atoms with E-state index < -0.39 is 0 Å². The van der Waals surface area contributed by atoms with E-state index in [1.54, 1.807) is 13.1 Å². The van der Waals surface area contributed by atoms with Crippen LogP contribution in [0.5, 0.6) is 0 Å². The molecule has 1 heterocycles. The summed E-state index contributed by atoms with van der Waals surface area (Å²) >= 11 is 5.96. The average molecular weight is 224 g/mol. The number of hydrogen-bond acceptors (Lipinski definition) is 2. The molecular formula is C11H10ClNO2. The molecule has 78 valence electrons. The topological polar surface area (TPSA) is 42.2 Å². The van der Waals surface area contributed by atoms with E-state index in [4.69, 9.17) is 16.0 Å². The summed E-state index contributed by atoms with van der Waals surface area (Å²) in [6.07, 6.45) is 0. The molecule has 1 amide bonds. The lowest BCUT2D eigenvalue weighted by Crippen LogP contribution is -2.17. The van der Waals surface area contributed by atoms with Gasteiger partial charge in [0.15, 0.2) is 11.3 Å². The molecule has 0 bridgehead atoms. The minimum absolute atomic E-state index is 0.236. The van der Waals surface area contributed by atoms with Crippen LogP contribution in [0, 0.1) is 6.92 Å². The fourth-order valence-corrected chi connectivity index (χ4v) is 1.75. The highest BCUT2D eigenvalue weighted by Crippen LogP contribution is 2.30. The van der Waals surface area contributed by atoms with Crippen molar-refractivity contribution < 1.29 is 9.21 Å². The van der Waals surface area contributed by atoms with Gasteiger partial charge in [-0.3, -0.25) is 4.79 Å². The number of nitrogens with one attached hydrogen (secondary N) is 1. The highest BCUT2D eigenvalue weighted by molar-refractivity contribution is 6.35. The summed E-state index contributed by atoms with van der Waals surface area (Å²) in [7, 11) is 1.57. The van der Waals surface area contributed by atoms with Crippen molar-refractivity contribution in [2.45, 2.75) is 6.92 Å². The van der Waals surface area contributed by atoms with Crippen molar-refractivity contribution in [3.8, 4) is 0 Å². The van der Waals surface area contributed by atoms with Crippen molar-refractivity contribution in [3.05, 3.63) is 34.5 Å². The number of carbonyl (C=O) groups excluding carboxylic acids is 1. The van der Waals surface area contributed by atoms with Crippen LogP contribution < -0.4 is 5.32 Å². The van der Waals surface area contributed by atoms with E-state index >= 15 is 0 Å². The molecule has 0 atom stereocenters. The zero-order valence-electron chi connectivity index (χ0n) is 8.43. The number of furan rings is 1. The van der Waals surface area contributed by atoms with Gasteiger partial charge in [-0.25, -0.2) is 0 Å². The van der Waals surface area contributed by atoms with Crippen LogP contribution in [0.1, 0.15) is 16.1 Å². The molecule has 0 aliphatic rings. The van der Waals surface area contributed by atoms with Crippen LogP contribution in [-0.4, -0.2) is 13.0 Å². The molecule has 2 aromatic rings. The smallest absolute Gasteiger partial charge is 0.287 e. The summed E-state index contributed by atoms with van der Waals surface area (Å²) in [5.41, 5.74) is 1.38. The Bertz CT molecular complexity index is 531. The van der Waals surface area contributed by atoms with Crippen molar-refractivity contribution in [2.24, 2.45) is 0 Å². The van der Waals surface area contributed by atoms with Gasteiger partial charge in [-0.15, -0.1) is 0 Å². The van der Waals surface area contributed by atoms with E-state index in [0.29, 0.717) is 16.4 Å². The second-order valence-electron chi connectivity index (χ2n) is 3.25. The summed E-state index contributed by atoms with van der Waals surface area (Å²) in [6.45, 7) is 1.84. The number of aryl methyl sites for hydroxylation is 1. The quantitative estimate of drug-likeness (QED) is 0.808. The Morgan fingerprint density at radius 2 is 2.20 bits per heavy atom. The van der Waals surface area contributed by atoms with Crippen LogP contribution in [0.15, 0.2) is 22.6 Å². The van der Waals surface area contributed by atoms with Crippen LogP contribution in [0.25, 0.3) is 11.0 Å². The average Bonchev–Trinajstić information content (AvgIpc) is 2.57. The first kappa shape index (κ1) is 10.1. The number of benzene rings is 1. The Kier molecular flexibility index (Phi) is 2.40. The summed E-state index contributed by atoms with van der Waals surface area (Å²) in [5.74, 6) is 0.0837. The maximum absolute atomic E-state index is 11.5. The van der Waals surface area contributed by atoms with E-state index in [1.807, 2.05) is 19.1 Å². The van der Waals surface area contributed by atoms with Gasteiger partial charge in [0.1, 0.15) is 0 Å². The van der Waals surface area contributed by atoms with Gasteiger partial charge in [-0.2, -0.15) is 0 Å². The maximum Gasteiger partial charge on any atom is 0.287 e. The Labute approximate surface area is 92.0 Å². The van der Waals surface area contributed by atoms with Gasteiger partial charge in [0, 0.05) is 18.0 Å². The second kappa shape index (κ2) is 3.59. The highest BCUT2D eigenvalue weighted by Gasteiger charge is 2.17. The SMILES string of the molecule is CNC(=O)c1oc2c(Cl)cccc2c1C. The van der Waals surface area contributed by atoms with E-state index in [0.717, 1.165) is 10.9 Å². The van der Waals surface area contributed by atoms with Crippen molar-refractivity contribution in [2.75, 3.05) is 7.05 Å². The lowest BCUT2D eigenvalue weighted by atomic mass is 10.1. The van der Waals surface area contributed by atoms with Gasteiger partial charge in [0.05, 0.1) is 5.02 Å². The van der Waals surface area contributed by atoms with Crippen LogP contribution in [0.2, 0.25) is 5.02 Å². The second-order valence-corrected chi connectivity index (χ2v) is 3.66. The minimum Gasteiger partial charge on any atom is -0.449 e. The van der Waals surface area contributed by atoms with Crippen LogP contribution >= 0.6 is 11.6 Å². The van der Waals surface area contributed by atoms with E-state index in [9.17, 15) is 4.79 Å². The molecule has 0 unspecified atom stereocenters. The molecule has 0 saturated heterocycles. The number of carbonyl (C=O) groups is 1. The lowest BCUT2D eigenvalue weighted by Gasteiger charge is -1.94. The summed E-state index contributed by atoms with van der Waals surface area (Å²) in [4.78, 5) is 11.5. The molecule has 0 spiro atoms. The molecule has 0 radical (unpaired) electrons. The molecule has 0 aliphatic carbocycles. The summed E-state index contributed by atoms with van der Waals surface area (Å²) < 4.78 is 5.44. The maximum atomic E-state index is 11.5. The van der Waals surface area contributed by atoms with Crippen molar-refractivity contribution in [1.82, 2.24) is 5.32 Å². The first-order valence-corrected chi connectivity index (χ1v) is 4.92. The highest BCUT2D eigenvalue weighted by atomic mass is 35.5. The number of rotatable bonds is 1. The monoisotopic (exact) mass is 223 g/mol. The van der Waals surface area contributed by atoms with Crippen LogP contribution in [0.4, 0.5) is 0 Å². The fourth-order valence-electron chi connectivity index (χ4n) is 1.54. The predicted octanol–water partition coefficient (Wildman–Crippen LogP) is 2.75. The van der Waals surface area contributed by atoms with Gasteiger partial charge in [-0.05, 0) is 13.0 Å². The van der Waals surface area contributed by atoms with Gasteiger partial charge in [0.25, 0.3) is 5.91 Å². The molecule has 0 aliphatic heterocycles. The summed E-state index contributed by atoms with van der Waals surface area (Å²) in [6, 6.07) is 5.45. The van der Waals surface area contributed by atoms with Gasteiger partial charge in [-0.1, -0.05) is 23.7 Å². The number of fused-ring (bicyclic) bond motifs is 1. The van der Waals surface area contributed by atoms with Gasteiger partial charge >= 0.3 is 0 Å². The Morgan fingerprint density at radius 3 is 2.80 bits per heavy atom. The molecule has 0 saturated carbocycles. The zero-order chi connectivity index (χ0) is 11.0. The van der Waals surface area contributed by atoms with Crippen molar-refractivity contribution in [3.63, 3.8) is 0 Å². The molecule has 15 heavy (non-hydrogen) atoms. The largest absolute Gasteiger partial charge is 0.449 e. The number of hydrogen-bond donors (Lipinski definition) is 1. The Balaban J connectivity index is 2.75. The molecule has 4 heteroatoms. The first-order chi connectivity index (χ1) is 7.15. The number of para-hydroxylation sites is 1. The molecule has 1 aromatic carbocycles. The van der Waals surface area contributed by atoms with Crippen molar-refractivity contribution in [1.29, 1.82) is 0 Å². The molecule has 3 nitrogen and oxygen atoms in total.